The quantitative estimate of drug-likeness (QED) is 0.721. The fourth-order valence-corrected chi connectivity index (χ4v) is 5.72. The van der Waals surface area contributed by atoms with E-state index >= 15 is 0 Å². The molecule has 0 unspecified atom stereocenters. The second kappa shape index (κ2) is 8.28. The summed E-state index contributed by atoms with van der Waals surface area (Å²) in [6.45, 7) is 3.46. The summed E-state index contributed by atoms with van der Waals surface area (Å²) in [5, 5.41) is 0. The summed E-state index contributed by atoms with van der Waals surface area (Å²) in [6, 6.07) is 15.3. The number of piperidine rings is 1. The lowest BCUT2D eigenvalue weighted by Gasteiger charge is -2.27. The molecule has 0 bridgehead atoms. The molecule has 1 heterocycles. The normalized spacial score (nSPS) is 17.8. The lowest BCUT2D eigenvalue weighted by Crippen LogP contribution is -2.36. The Morgan fingerprint density at radius 1 is 1.03 bits per heavy atom. The average Bonchev–Trinajstić information content (AvgIpc) is 3.58. The summed E-state index contributed by atoms with van der Waals surface area (Å²) in [5.41, 5.74) is 2.23. The highest BCUT2D eigenvalue weighted by atomic mass is 32.2. The fourth-order valence-electron chi connectivity index (χ4n) is 3.95. The molecular formula is C23H28N2O3S. The van der Waals surface area contributed by atoms with Crippen LogP contribution in [0.2, 0.25) is 0 Å². The van der Waals surface area contributed by atoms with Crippen molar-refractivity contribution in [3.05, 3.63) is 65.2 Å². The second-order valence-corrected chi connectivity index (χ2v) is 10.0. The first-order valence-corrected chi connectivity index (χ1v) is 11.9. The predicted octanol–water partition coefficient (Wildman–Crippen LogP) is 3.97. The van der Waals surface area contributed by atoms with Crippen molar-refractivity contribution < 1.29 is 13.2 Å². The molecule has 29 heavy (non-hydrogen) atoms. The third-order valence-corrected chi connectivity index (χ3v) is 7.85. The smallest absolute Gasteiger partial charge is 0.254 e. The number of hydrogen-bond donors (Lipinski definition) is 0. The zero-order chi connectivity index (χ0) is 20.4. The van der Waals surface area contributed by atoms with Crippen molar-refractivity contribution in [2.75, 3.05) is 13.1 Å². The van der Waals surface area contributed by atoms with Crippen LogP contribution in [0.5, 0.6) is 0 Å². The Kier molecular flexibility index (Phi) is 5.74. The first-order chi connectivity index (χ1) is 14.0. The van der Waals surface area contributed by atoms with Gasteiger partial charge in [0.1, 0.15) is 0 Å². The summed E-state index contributed by atoms with van der Waals surface area (Å²) in [6.07, 6.45) is 4.86. The molecule has 0 radical (unpaired) electrons. The van der Waals surface area contributed by atoms with Crippen LogP contribution in [0.1, 0.15) is 53.6 Å². The maximum absolute atomic E-state index is 13.3. The van der Waals surface area contributed by atoms with Crippen molar-refractivity contribution in [3.63, 3.8) is 0 Å². The SMILES string of the molecule is Cc1ccc(C(=O)N(Cc2ccccc2)C2CC2)cc1S(=O)(=O)N1CCCCC1. The third kappa shape index (κ3) is 4.38. The van der Waals surface area contributed by atoms with Gasteiger partial charge in [0.2, 0.25) is 10.0 Å². The highest BCUT2D eigenvalue weighted by Gasteiger charge is 2.34. The van der Waals surface area contributed by atoms with Crippen molar-refractivity contribution in [1.82, 2.24) is 9.21 Å². The molecule has 1 saturated heterocycles. The average molecular weight is 413 g/mol. The van der Waals surface area contributed by atoms with Crippen LogP contribution in [0.4, 0.5) is 0 Å². The van der Waals surface area contributed by atoms with Crippen LogP contribution in [-0.2, 0) is 16.6 Å². The van der Waals surface area contributed by atoms with Crippen LogP contribution in [-0.4, -0.2) is 42.7 Å². The minimum atomic E-state index is -3.58. The molecule has 1 aliphatic carbocycles. The molecule has 1 saturated carbocycles. The Labute approximate surface area is 173 Å². The van der Waals surface area contributed by atoms with Crippen LogP contribution in [0.3, 0.4) is 0 Å². The molecule has 4 rings (SSSR count). The topological polar surface area (TPSA) is 57.7 Å². The Morgan fingerprint density at radius 3 is 2.38 bits per heavy atom. The molecule has 0 atom stereocenters. The molecule has 2 aliphatic rings. The number of sulfonamides is 1. The Morgan fingerprint density at radius 2 is 1.72 bits per heavy atom. The Balaban J connectivity index is 1.62. The molecule has 0 N–H and O–H groups in total. The van der Waals surface area contributed by atoms with Gasteiger partial charge < -0.3 is 4.90 Å². The van der Waals surface area contributed by atoms with E-state index in [0.717, 1.165) is 37.7 Å². The van der Waals surface area contributed by atoms with Gasteiger partial charge in [0.15, 0.2) is 0 Å². The van der Waals surface area contributed by atoms with Crippen LogP contribution < -0.4 is 0 Å². The standard InChI is InChI=1S/C23H28N2O3S/c1-18-10-11-20(16-22(18)29(27,28)24-14-6-3-7-15-24)23(26)25(21-12-13-21)17-19-8-4-2-5-9-19/h2,4-5,8-11,16,21H,3,6-7,12-15,17H2,1H3. The highest BCUT2D eigenvalue weighted by Crippen LogP contribution is 2.31. The summed E-state index contributed by atoms with van der Waals surface area (Å²) >= 11 is 0. The predicted molar refractivity (Wildman–Crippen MR) is 113 cm³/mol. The molecule has 154 valence electrons. The van der Waals surface area contributed by atoms with E-state index in [1.54, 1.807) is 29.4 Å². The largest absolute Gasteiger partial charge is 0.331 e. The van der Waals surface area contributed by atoms with E-state index in [1.165, 1.54) is 0 Å². The van der Waals surface area contributed by atoms with Crippen molar-refractivity contribution in [2.45, 2.75) is 56.5 Å². The van der Waals surface area contributed by atoms with Gasteiger partial charge in [-0.3, -0.25) is 4.79 Å². The maximum atomic E-state index is 13.3. The maximum Gasteiger partial charge on any atom is 0.254 e. The lowest BCUT2D eigenvalue weighted by molar-refractivity contribution is 0.0729. The number of rotatable bonds is 6. The van der Waals surface area contributed by atoms with E-state index < -0.39 is 10.0 Å². The minimum absolute atomic E-state index is 0.0913. The molecule has 2 aromatic carbocycles. The number of hydrogen-bond acceptors (Lipinski definition) is 3. The van der Waals surface area contributed by atoms with Crippen molar-refractivity contribution in [2.24, 2.45) is 0 Å². The number of amides is 1. The van der Waals surface area contributed by atoms with Crippen molar-refractivity contribution in [3.8, 4) is 0 Å². The zero-order valence-corrected chi connectivity index (χ0v) is 17.7. The van der Waals surface area contributed by atoms with E-state index in [4.69, 9.17) is 0 Å². The van der Waals surface area contributed by atoms with Crippen molar-refractivity contribution in [1.29, 1.82) is 0 Å². The molecule has 1 amide bonds. The molecule has 2 fully saturated rings. The number of aryl methyl sites for hydroxylation is 1. The highest BCUT2D eigenvalue weighted by molar-refractivity contribution is 7.89. The first kappa shape index (κ1) is 20.1. The minimum Gasteiger partial charge on any atom is -0.331 e. The van der Waals surface area contributed by atoms with Gasteiger partial charge in [0.25, 0.3) is 5.91 Å². The first-order valence-electron chi connectivity index (χ1n) is 10.4. The molecule has 6 heteroatoms. The molecule has 2 aromatic rings. The number of carbonyl (C=O) groups is 1. The van der Waals surface area contributed by atoms with Crippen LogP contribution in [0, 0.1) is 6.92 Å². The third-order valence-electron chi connectivity index (χ3n) is 5.81. The number of benzene rings is 2. The molecule has 0 aromatic heterocycles. The van der Waals surface area contributed by atoms with Crippen molar-refractivity contribution >= 4 is 15.9 Å². The van der Waals surface area contributed by atoms with E-state index in [1.807, 2.05) is 35.2 Å². The Bertz CT molecular complexity index is 978. The van der Waals surface area contributed by atoms with E-state index in [9.17, 15) is 13.2 Å². The number of nitrogens with zero attached hydrogens (tertiary/aromatic N) is 2. The van der Waals surface area contributed by atoms with Gasteiger partial charge in [0.05, 0.1) is 4.90 Å². The van der Waals surface area contributed by atoms with Gasteiger partial charge in [-0.2, -0.15) is 4.31 Å². The summed E-state index contributed by atoms with van der Waals surface area (Å²) in [4.78, 5) is 15.5. The lowest BCUT2D eigenvalue weighted by atomic mass is 10.1. The monoisotopic (exact) mass is 412 g/mol. The Hall–Kier alpha value is -2.18. The molecule has 0 spiro atoms. The van der Waals surface area contributed by atoms with E-state index in [-0.39, 0.29) is 16.8 Å². The summed E-state index contributed by atoms with van der Waals surface area (Å²) in [5.74, 6) is -0.0913. The van der Waals surface area contributed by atoms with Gasteiger partial charge >= 0.3 is 0 Å². The molecule has 5 nitrogen and oxygen atoms in total. The summed E-state index contributed by atoms with van der Waals surface area (Å²) in [7, 11) is -3.58. The van der Waals surface area contributed by atoms with E-state index in [0.29, 0.717) is 30.8 Å². The fraction of sp³-hybridized carbons (Fsp3) is 0.435. The van der Waals surface area contributed by atoms with Crippen LogP contribution >= 0.6 is 0 Å². The van der Waals surface area contributed by atoms with Gasteiger partial charge in [-0.25, -0.2) is 8.42 Å². The molecule has 1 aliphatic heterocycles. The van der Waals surface area contributed by atoms with Crippen LogP contribution in [0.15, 0.2) is 53.4 Å². The van der Waals surface area contributed by atoms with Gasteiger partial charge in [-0.15, -0.1) is 0 Å². The van der Waals surface area contributed by atoms with E-state index in [2.05, 4.69) is 0 Å². The van der Waals surface area contributed by atoms with Gasteiger partial charge in [-0.1, -0.05) is 42.8 Å². The van der Waals surface area contributed by atoms with Crippen LogP contribution in [0.25, 0.3) is 0 Å². The molecular weight excluding hydrogens is 384 g/mol. The zero-order valence-electron chi connectivity index (χ0n) is 16.9. The van der Waals surface area contributed by atoms with Gasteiger partial charge in [0, 0.05) is 31.2 Å². The van der Waals surface area contributed by atoms with Gasteiger partial charge in [-0.05, 0) is 55.9 Å². The number of carbonyl (C=O) groups excluding carboxylic acids is 1. The second-order valence-electron chi connectivity index (χ2n) is 8.09. The summed E-state index contributed by atoms with van der Waals surface area (Å²) < 4.78 is 27.9.